The predicted molar refractivity (Wildman–Crippen MR) is 72.4 cm³/mol. The van der Waals surface area contributed by atoms with Gasteiger partial charge in [-0.2, -0.15) is 0 Å². The molecule has 0 spiro atoms. The molecule has 2 rings (SSSR count). The Morgan fingerprint density at radius 1 is 1.35 bits per heavy atom. The van der Waals surface area contributed by atoms with Gasteiger partial charge in [0, 0.05) is 6.07 Å². The van der Waals surface area contributed by atoms with Gasteiger partial charge in [-0.05, 0) is 36.6 Å². The van der Waals surface area contributed by atoms with Crippen molar-refractivity contribution >= 4 is 10.0 Å². The quantitative estimate of drug-likeness (QED) is 0.866. The van der Waals surface area contributed by atoms with E-state index in [0.29, 0.717) is 16.8 Å². The number of sulfonamides is 1. The number of nitrogens with zero attached hydrogens (tertiary/aromatic N) is 1. The van der Waals surface area contributed by atoms with Gasteiger partial charge < -0.3 is 9.63 Å². The first-order valence-electron chi connectivity index (χ1n) is 6.04. The van der Waals surface area contributed by atoms with E-state index >= 15 is 0 Å². The normalized spacial score (nSPS) is 11.8. The molecule has 1 aromatic carbocycles. The van der Waals surface area contributed by atoms with Gasteiger partial charge in [0.1, 0.15) is 6.26 Å². The summed E-state index contributed by atoms with van der Waals surface area (Å²) in [5, 5.41) is 12.8. The smallest absolute Gasteiger partial charge is 0.241 e. The summed E-state index contributed by atoms with van der Waals surface area (Å²) in [4.78, 5) is 0.171. The highest BCUT2D eigenvalue weighted by Crippen LogP contribution is 2.21. The lowest BCUT2D eigenvalue weighted by Gasteiger charge is -2.12. The van der Waals surface area contributed by atoms with Gasteiger partial charge in [0.05, 0.1) is 23.7 Å². The van der Waals surface area contributed by atoms with Crippen LogP contribution in [0.1, 0.15) is 22.4 Å². The predicted octanol–water partition coefficient (Wildman–Crippen LogP) is 1.26. The Hall–Kier alpha value is -1.70. The zero-order valence-electron chi connectivity index (χ0n) is 11.3. The van der Waals surface area contributed by atoms with Crippen molar-refractivity contribution in [1.82, 2.24) is 9.88 Å². The molecule has 0 aliphatic heterocycles. The zero-order chi connectivity index (χ0) is 14.8. The fourth-order valence-electron chi connectivity index (χ4n) is 1.84. The summed E-state index contributed by atoms with van der Waals surface area (Å²) in [5.74, 6) is 0. The van der Waals surface area contributed by atoms with E-state index in [-0.39, 0.29) is 18.0 Å². The molecule has 6 nitrogen and oxygen atoms in total. The van der Waals surface area contributed by atoms with Crippen molar-refractivity contribution in [2.75, 3.05) is 0 Å². The van der Waals surface area contributed by atoms with Gasteiger partial charge in [0.2, 0.25) is 10.0 Å². The fraction of sp³-hybridized carbons (Fsp3) is 0.308. The Morgan fingerprint density at radius 3 is 2.70 bits per heavy atom. The Balaban J connectivity index is 2.31. The summed E-state index contributed by atoms with van der Waals surface area (Å²) in [5.41, 5.74) is 2.55. The molecule has 7 heteroatoms. The molecule has 108 valence electrons. The molecule has 0 atom stereocenters. The molecule has 0 aliphatic rings. The van der Waals surface area contributed by atoms with Crippen molar-refractivity contribution in [3.05, 3.63) is 46.8 Å². The number of aliphatic hydroxyl groups excluding tert-OH is 1. The summed E-state index contributed by atoms with van der Waals surface area (Å²) in [7, 11) is -3.66. The van der Waals surface area contributed by atoms with E-state index < -0.39 is 10.0 Å². The molecule has 0 saturated carbocycles. The number of aliphatic hydroxyl groups is 1. The van der Waals surface area contributed by atoms with Crippen LogP contribution in [-0.2, 0) is 23.2 Å². The molecule has 0 saturated heterocycles. The molecule has 0 bridgehead atoms. The first-order chi connectivity index (χ1) is 9.44. The molecule has 0 radical (unpaired) electrons. The van der Waals surface area contributed by atoms with Crippen LogP contribution >= 0.6 is 0 Å². The molecule has 1 aromatic heterocycles. The van der Waals surface area contributed by atoms with Crippen molar-refractivity contribution in [1.29, 1.82) is 0 Å². The first kappa shape index (κ1) is 14.7. The Kier molecular flexibility index (Phi) is 4.22. The van der Waals surface area contributed by atoms with Crippen LogP contribution in [0.5, 0.6) is 0 Å². The van der Waals surface area contributed by atoms with E-state index in [1.165, 1.54) is 12.3 Å². The molecule has 20 heavy (non-hydrogen) atoms. The van der Waals surface area contributed by atoms with E-state index in [0.717, 1.165) is 5.56 Å². The number of hydrogen-bond acceptors (Lipinski definition) is 5. The molecule has 0 unspecified atom stereocenters. The van der Waals surface area contributed by atoms with Crippen LogP contribution in [-0.4, -0.2) is 18.7 Å². The fourth-order valence-corrected chi connectivity index (χ4v) is 3.21. The maximum absolute atomic E-state index is 12.3. The molecule has 2 N–H and O–H groups in total. The van der Waals surface area contributed by atoms with Crippen LogP contribution in [0.3, 0.4) is 0 Å². The van der Waals surface area contributed by atoms with E-state index in [1.807, 2.05) is 6.92 Å². The van der Waals surface area contributed by atoms with Crippen LogP contribution in [0.25, 0.3) is 0 Å². The molecule has 0 aliphatic carbocycles. The minimum Gasteiger partial charge on any atom is -0.392 e. The lowest BCUT2D eigenvalue weighted by atomic mass is 10.1. The molecule has 1 heterocycles. The summed E-state index contributed by atoms with van der Waals surface area (Å²) in [6, 6.07) is 4.84. The van der Waals surface area contributed by atoms with E-state index in [2.05, 4.69) is 14.4 Å². The van der Waals surface area contributed by atoms with E-state index in [9.17, 15) is 13.5 Å². The standard InChI is InChI=1S/C13H16N2O4S/c1-9-5-11(8-16)6-13(10(9)2)20(17,18)14-7-12-3-4-19-15-12/h3-6,14,16H,7-8H2,1-2H3. The number of aryl methyl sites for hydroxylation is 1. The van der Waals surface area contributed by atoms with Crippen LogP contribution in [0.4, 0.5) is 0 Å². The van der Waals surface area contributed by atoms with Crippen LogP contribution < -0.4 is 4.72 Å². The number of aromatic nitrogens is 1. The summed E-state index contributed by atoms with van der Waals surface area (Å²) >= 11 is 0. The van der Waals surface area contributed by atoms with Gasteiger partial charge in [-0.1, -0.05) is 11.2 Å². The third-order valence-electron chi connectivity index (χ3n) is 3.09. The van der Waals surface area contributed by atoms with Gasteiger partial charge in [-0.25, -0.2) is 13.1 Å². The molecule has 0 fully saturated rings. The van der Waals surface area contributed by atoms with Crippen LogP contribution in [0.2, 0.25) is 0 Å². The maximum Gasteiger partial charge on any atom is 0.241 e. The lowest BCUT2D eigenvalue weighted by Crippen LogP contribution is -2.24. The van der Waals surface area contributed by atoms with Crippen molar-refractivity contribution in [2.45, 2.75) is 31.9 Å². The zero-order valence-corrected chi connectivity index (χ0v) is 12.1. The minimum atomic E-state index is -3.66. The van der Waals surface area contributed by atoms with Crippen LogP contribution in [0, 0.1) is 13.8 Å². The Bertz CT molecular complexity index is 693. The minimum absolute atomic E-state index is 0.0562. The summed E-state index contributed by atoms with van der Waals surface area (Å²) in [6.45, 7) is 3.40. The number of hydrogen-bond donors (Lipinski definition) is 2. The lowest BCUT2D eigenvalue weighted by molar-refractivity contribution is 0.281. The Morgan fingerprint density at radius 2 is 2.10 bits per heavy atom. The van der Waals surface area contributed by atoms with Crippen molar-refractivity contribution < 1.29 is 18.0 Å². The molecule has 2 aromatic rings. The average Bonchev–Trinajstić information content (AvgIpc) is 2.92. The van der Waals surface area contributed by atoms with Gasteiger partial charge in [-0.3, -0.25) is 0 Å². The monoisotopic (exact) mass is 296 g/mol. The molecular formula is C13H16N2O4S. The molecule has 0 amide bonds. The average molecular weight is 296 g/mol. The second kappa shape index (κ2) is 5.74. The van der Waals surface area contributed by atoms with E-state index in [1.54, 1.807) is 19.1 Å². The topological polar surface area (TPSA) is 92.4 Å². The Labute approximate surface area is 117 Å². The maximum atomic E-state index is 12.3. The van der Waals surface area contributed by atoms with Crippen molar-refractivity contribution in [3.8, 4) is 0 Å². The van der Waals surface area contributed by atoms with Crippen LogP contribution in [0.15, 0.2) is 33.9 Å². The van der Waals surface area contributed by atoms with Gasteiger partial charge in [-0.15, -0.1) is 0 Å². The van der Waals surface area contributed by atoms with Crippen molar-refractivity contribution in [2.24, 2.45) is 0 Å². The highest BCUT2D eigenvalue weighted by Gasteiger charge is 2.19. The van der Waals surface area contributed by atoms with Crippen molar-refractivity contribution in [3.63, 3.8) is 0 Å². The van der Waals surface area contributed by atoms with Gasteiger partial charge in [0.15, 0.2) is 0 Å². The largest absolute Gasteiger partial charge is 0.392 e. The highest BCUT2D eigenvalue weighted by atomic mass is 32.2. The summed E-state index contributed by atoms with van der Waals surface area (Å²) < 4.78 is 31.7. The second-order valence-electron chi connectivity index (χ2n) is 4.51. The number of nitrogens with one attached hydrogen (secondary N) is 1. The molecular weight excluding hydrogens is 280 g/mol. The van der Waals surface area contributed by atoms with Gasteiger partial charge in [0.25, 0.3) is 0 Å². The third-order valence-corrected chi connectivity index (χ3v) is 4.61. The van der Waals surface area contributed by atoms with E-state index in [4.69, 9.17) is 0 Å². The highest BCUT2D eigenvalue weighted by molar-refractivity contribution is 7.89. The first-order valence-corrected chi connectivity index (χ1v) is 7.52. The number of rotatable bonds is 5. The SMILES string of the molecule is Cc1cc(CO)cc(S(=O)(=O)NCc2ccon2)c1C. The van der Waals surface area contributed by atoms with Gasteiger partial charge >= 0.3 is 0 Å². The summed E-state index contributed by atoms with van der Waals surface area (Å²) in [6.07, 6.45) is 1.38. The third kappa shape index (κ3) is 3.06. The number of benzene rings is 1. The second-order valence-corrected chi connectivity index (χ2v) is 6.24.